The summed E-state index contributed by atoms with van der Waals surface area (Å²) in [5.74, 6) is 1.00. The number of allylic oxidation sites excluding steroid dienone is 5. The summed E-state index contributed by atoms with van der Waals surface area (Å²) in [6.07, 6.45) is 11.4. The summed E-state index contributed by atoms with van der Waals surface area (Å²) in [4.78, 5) is 5.47. The molecule has 2 rings (SSSR count). The maximum Gasteiger partial charge on any atom is 0.161 e. The summed E-state index contributed by atoms with van der Waals surface area (Å²) in [6, 6.07) is 6.14. The summed E-state index contributed by atoms with van der Waals surface area (Å²) < 4.78 is 18.3. The monoisotopic (exact) mass is 311 g/mol. The average molecular weight is 311 g/mol. The van der Waals surface area contributed by atoms with Gasteiger partial charge in [0.25, 0.3) is 0 Å². The van der Waals surface area contributed by atoms with Gasteiger partial charge in [-0.25, -0.2) is 4.39 Å². The van der Waals surface area contributed by atoms with Gasteiger partial charge in [0, 0.05) is 11.6 Å². The van der Waals surface area contributed by atoms with E-state index in [1.807, 2.05) is 25.2 Å². The molecule has 0 radical (unpaired) electrons. The molecule has 0 bridgehead atoms. The highest BCUT2D eigenvalue weighted by Gasteiger charge is 2.05. The lowest BCUT2D eigenvalue weighted by Crippen LogP contribution is -1.91. The molecule has 0 spiro atoms. The van der Waals surface area contributed by atoms with E-state index in [0.717, 1.165) is 12.0 Å². The van der Waals surface area contributed by atoms with E-state index in [9.17, 15) is 4.39 Å². The standard InChI is InChI=1S/C19H18FNO2/c1-3-6-19(16-8-5-10-18(22-2)12-11-16)23-21-14-15-7-4-9-17(20)13-15/h4,6-14H,3H2,1-2H3/b19-6?,21-14+. The second-order valence-corrected chi connectivity index (χ2v) is 4.71. The first-order valence-corrected chi connectivity index (χ1v) is 7.28. The molecule has 1 aliphatic rings. The average Bonchev–Trinajstić information content (AvgIpc) is 2.79. The van der Waals surface area contributed by atoms with E-state index in [2.05, 4.69) is 10.9 Å². The fraction of sp³-hybridized carbons (Fsp3) is 0.158. The Kier molecular flexibility index (Phi) is 6.16. The molecule has 0 N–H and O–H groups in total. The number of hydrogen-bond donors (Lipinski definition) is 0. The first-order chi connectivity index (χ1) is 11.2. The Bertz CT molecular complexity index is 735. The molecule has 1 aromatic carbocycles. The highest BCUT2D eigenvalue weighted by molar-refractivity contribution is 5.79. The van der Waals surface area contributed by atoms with E-state index in [0.29, 0.717) is 17.1 Å². The third-order valence-corrected chi connectivity index (χ3v) is 3.00. The lowest BCUT2D eigenvalue weighted by molar-refractivity contribution is 0.238. The van der Waals surface area contributed by atoms with E-state index < -0.39 is 0 Å². The highest BCUT2D eigenvalue weighted by atomic mass is 19.1. The van der Waals surface area contributed by atoms with Crippen LogP contribution < -0.4 is 0 Å². The lowest BCUT2D eigenvalue weighted by atomic mass is 10.2. The van der Waals surface area contributed by atoms with Gasteiger partial charge in [-0.05, 0) is 48.4 Å². The Morgan fingerprint density at radius 2 is 2.17 bits per heavy atom. The van der Waals surface area contributed by atoms with Crippen molar-refractivity contribution in [3.8, 4) is 0 Å². The van der Waals surface area contributed by atoms with E-state index in [1.54, 1.807) is 31.4 Å². The van der Waals surface area contributed by atoms with Gasteiger partial charge in [-0.1, -0.05) is 24.2 Å². The largest absolute Gasteiger partial charge is 0.496 e. The summed E-state index contributed by atoms with van der Waals surface area (Å²) >= 11 is 0. The Balaban J connectivity index is 2.14. The van der Waals surface area contributed by atoms with Crippen molar-refractivity contribution in [2.45, 2.75) is 13.3 Å². The number of oxime groups is 1. The fourth-order valence-electron chi connectivity index (χ4n) is 1.89. The molecule has 3 nitrogen and oxygen atoms in total. The zero-order valence-corrected chi connectivity index (χ0v) is 13.1. The second kappa shape index (κ2) is 8.57. The van der Waals surface area contributed by atoms with Gasteiger partial charge in [0.2, 0.25) is 0 Å². The molecule has 0 aliphatic heterocycles. The molecule has 0 heterocycles. The van der Waals surface area contributed by atoms with Crippen molar-refractivity contribution >= 4 is 6.21 Å². The second-order valence-electron chi connectivity index (χ2n) is 4.71. The van der Waals surface area contributed by atoms with Gasteiger partial charge >= 0.3 is 0 Å². The van der Waals surface area contributed by atoms with Gasteiger partial charge in [0.05, 0.1) is 13.3 Å². The van der Waals surface area contributed by atoms with Gasteiger partial charge in [-0.15, -0.1) is 5.73 Å². The summed E-state index contributed by atoms with van der Waals surface area (Å²) in [7, 11) is 1.60. The maximum atomic E-state index is 13.1. The number of halogens is 1. The molecular weight excluding hydrogens is 293 g/mol. The van der Waals surface area contributed by atoms with Gasteiger partial charge < -0.3 is 9.57 Å². The molecular formula is C19H18FNO2. The summed E-state index contributed by atoms with van der Waals surface area (Å²) in [5, 5.41) is 3.94. The minimum atomic E-state index is -0.310. The highest BCUT2D eigenvalue weighted by Crippen LogP contribution is 2.17. The van der Waals surface area contributed by atoms with Crippen LogP contribution in [-0.4, -0.2) is 13.3 Å². The predicted molar refractivity (Wildman–Crippen MR) is 89.3 cm³/mol. The van der Waals surface area contributed by atoms with Crippen LogP contribution in [0.1, 0.15) is 18.9 Å². The van der Waals surface area contributed by atoms with E-state index in [-0.39, 0.29) is 5.82 Å². The number of ether oxygens (including phenoxy) is 1. The molecule has 1 aromatic rings. The first kappa shape index (κ1) is 16.5. The van der Waals surface area contributed by atoms with E-state index in [4.69, 9.17) is 9.57 Å². The van der Waals surface area contributed by atoms with Crippen molar-refractivity contribution in [2.75, 3.05) is 7.11 Å². The van der Waals surface area contributed by atoms with Crippen LogP contribution in [0, 0.1) is 5.82 Å². The third kappa shape index (κ3) is 5.13. The van der Waals surface area contributed by atoms with Crippen molar-refractivity contribution in [3.05, 3.63) is 88.8 Å². The molecule has 0 fully saturated rings. The molecule has 23 heavy (non-hydrogen) atoms. The number of benzene rings is 1. The molecule has 0 atom stereocenters. The Labute approximate surface area is 135 Å². The Hall–Kier alpha value is -2.84. The van der Waals surface area contributed by atoms with Gasteiger partial charge in [-0.3, -0.25) is 0 Å². The van der Waals surface area contributed by atoms with Crippen LogP contribution in [0.5, 0.6) is 0 Å². The van der Waals surface area contributed by atoms with Crippen molar-refractivity contribution in [1.82, 2.24) is 0 Å². The van der Waals surface area contributed by atoms with Gasteiger partial charge in [-0.2, -0.15) is 0 Å². The molecule has 4 heteroatoms. The molecule has 0 unspecified atom stereocenters. The zero-order chi connectivity index (χ0) is 16.5. The number of nitrogens with zero attached hydrogens (tertiary/aromatic N) is 1. The predicted octanol–water partition coefficient (Wildman–Crippen LogP) is 4.65. The van der Waals surface area contributed by atoms with Crippen molar-refractivity contribution < 1.29 is 14.0 Å². The summed E-state index contributed by atoms with van der Waals surface area (Å²) in [5.41, 5.74) is 4.48. The van der Waals surface area contributed by atoms with Crippen LogP contribution >= 0.6 is 0 Å². The normalized spacial score (nSPS) is 14.5. The van der Waals surface area contributed by atoms with Crippen LogP contribution in [0.4, 0.5) is 4.39 Å². The quantitative estimate of drug-likeness (QED) is 0.331. The van der Waals surface area contributed by atoms with Gasteiger partial charge in [0.15, 0.2) is 5.76 Å². The lowest BCUT2D eigenvalue weighted by Gasteiger charge is -2.04. The minimum absolute atomic E-state index is 0.310. The van der Waals surface area contributed by atoms with Gasteiger partial charge in [0.1, 0.15) is 11.6 Å². The third-order valence-electron chi connectivity index (χ3n) is 3.00. The van der Waals surface area contributed by atoms with Crippen molar-refractivity contribution in [3.63, 3.8) is 0 Å². The summed E-state index contributed by atoms with van der Waals surface area (Å²) in [6.45, 7) is 2.01. The topological polar surface area (TPSA) is 30.8 Å². The van der Waals surface area contributed by atoms with E-state index >= 15 is 0 Å². The molecule has 0 amide bonds. The zero-order valence-electron chi connectivity index (χ0n) is 13.1. The minimum Gasteiger partial charge on any atom is -0.496 e. The van der Waals surface area contributed by atoms with Crippen molar-refractivity contribution in [2.24, 2.45) is 5.16 Å². The van der Waals surface area contributed by atoms with E-state index in [1.165, 1.54) is 18.3 Å². The molecule has 1 aliphatic carbocycles. The molecule has 0 saturated carbocycles. The number of methoxy groups -OCH3 is 1. The fourth-order valence-corrected chi connectivity index (χ4v) is 1.89. The van der Waals surface area contributed by atoms with Crippen LogP contribution in [0.25, 0.3) is 0 Å². The number of hydrogen-bond acceptors (Lipinski definition) is 3. The Morgan fingerprint density at radius 1 is 1.30 bits per heavy atom. The van der Waals surface area contributed by atoms with Crippen LogP contribution in [0.2, 0.25) is 0 Å². The number of rotatable bonds is 6. The Morgan fingerprint density at radius 3 is 2.91 bits per heavy atom. The van der Waals surface area contributed by atoms with Crippen LogP contribution in [-0.2, 0) is 9.57 Å². The maximum absolute atomic E-state index is 13.1. The first-order valence-electron chi connectivity index (χ1n) is 7.28. The molecule has 118 valence electrons. The smallest absolute Gasteiger partial charge is 0.161 e. The van der Waals surface area contributed by atoms with Crippen LogP contribution in [0.15, 0.2) is 82.6 Å². The SMILES string of the molecule is CCC=C(O/N=C/c1cccc(F)c1)C1=CC=C(OC)C=C=C1. The molecule has 0 aromatic heterocycles. The van der Waals surface area contributed by atoms with Crippen LogP contribution in [0.3, 0.4) is 0 Å². The molecule has 0 saturated heterocycles. The van der Waals surface area contributed by atoms with Crippen molar-refractivity contribution in [1.29, 1.82) is 0 Å².